The number of unbranched alkanes of at least 4 members (excludes halogenated alkanes) is 4. The SMILES string of the molecule is CCCCCCCC(C)C(=O)Nc1ccc([N+](=O)[O-])c(C(F)(F)F)c1. The molecule has 0 aromatic heterocycles. The average Bonchev–Trinajstić information content (AvgIpc) is 2.53. The fourth-order valence-corrected chi connectivity index (χ4v) is 2.45. The number of hydrogen-bond donors (Lipinski definition) is 1. The summed E-state index contributed by atoms with van der Waals surface area (Å²) in [6.07, 6.45) is 1.04. The minimum atomic E-state index is -4.87. The first-order valence-electron chi connectivity index (χ1n) is 8.33. The minimum Gasteiger partial charge on any atom is -0.326 e. The fourth-order valence-electron chi connectivity index (χ4n) is 2.45. The Morgan fingerprint density at radius 3 is 2.44 bits per heavy atom. The highest BCUT2D eigenvalue weighted by molar-refractivity contribution is 5.92. The summed E-state index contributed by atoms with van der Waals surface area (Å²) < 4.78 is 38.8. The highest BCUT2D eigenvalue weighted by Crippen LogP contribution is 2.37. The second-order valence-electron chi connectivity index (χ2n) is 6.08. The number of carbonyl (C=O) groups is 1. The van der Waals surface area contributed by atoms with Gasteiger partial charge < -0.3 is 5.32 Å². The highest BCUT2D eigenvalue weighted by atomic mass is 19.4. The number of amides is 1. The van der Waals surface area contributed by atoms with Gasteiger partial charge in [0.1, 0.15) is 5.56 Å². The smallest absolute Gasteiger partial charge is 0.326 e. The van der Waals surface area contributed by atoms with Gasteiger partial charge in [-0.05, 0) is 18.6 Å². The number of carbonyl (C=O) groups excluding carboxylic acids is 1. The molecule has 0 bridgehead atoms. The third-order valence-corrected chi connectivity index (χ3v) is 3.95. The van der Waals surface area contributed by atoms with E-state index in [1.807, 2.05) is 0 Å². The van der Waals surface area contributed by atoms with Crippen LogP contribution in [0.1, 0.15) is 57.9 Å². The molecule has 1 atom stereocenters. The molecule has 0 aliphatic rings. The number of anilines is 1. The maximum Gasteiger partial charge on any atom is 0.423 e. The van der Waals surface area contributed by atoms with Crippen LogP contribution in [0.15, 0.2) is 18.2 Å². The number of benzene rings is 1. The van der Waals surface area contributed by atoms with E-state index in [4.69, 9.17) is 0 Å². The Labute approximate surface area is 144 Å². The topological polar surface area (TPSA) is 72.2 Å². The normalized spacial score (nSPS) is 12.7. The fraction of sp³-hybridized carbons (Fsp3) is 0.588. The summed E-state index contributed by atoms with van der Waals surface area (Å²) in [4.78, 5) is 21.7. The summed E-state index contributed by atoms with van der Waals surface area (Å²) in [5, 5.41) is 13.1. The number of hydrogen-bond acceptors (Lipinski definition) is 3. The molecule has 0 aliphatic carbocycles. The number of halogens is 3. The number of alkyl halides is 3. The van der Waals surface area contributed by atoms with Crippen LogP contribution in [-0.2, 0) is 11.0 Å². The van der Waals surface area contributed by atoms with Crippen molar-refractivity contribution in [3.8, 4) is 0 Å². The summed E-state index contributed by atoms with van der Waals surface area (Å²) in [6, 6.07) is 2.47. The van der Waals surface area contributed by atoms with E-state index < -0.39 is 28.3 Å². The van der Waals surface area contributed by atoms with E-state index in [1.54, 1.807) is 6.92 Å². The van der Waals surface area contributed by atoms with Crippen LogP contribution in [0.5, 0.6) is 0 Å². The molecule has 1 N–H and O–H groups in total. The van der Waals surface area contributed by atoms with Crippen molar-refractivity contribution >= 4 is 17.3 Å². The van der Waals surface area contributed by atoms with Gasteiger partial charge in [0.05, 0.1) is 4.92 Å². The standard InChI is InChI=1S/C17H23F3N2O3/c1-3-4-5-6-7-8-12(2)16(23)21-13-9-10-15(22(24)25)14(11-13)17(18,19)20/h9-12H,3-8H2,1-2H3,(H,21,23). The third-order valence-electron chi connectivity index (χ3n) is 3.95. The molecule has 0 radical (unpaired) electrons. The largest absolute Gasteiger partial charge is 0.423 e. The molecule has 0 heterocycles. The lowest BCUT2D eigenvalue weighted by Gasteiger charge is -2.14. The lowest BCUT2D eigenvalue weighted by Crippen LogP contribution is -2.21. The molecule has 1 amide bonds. The molecule has 0 fully saturated rings. The van der Waals surface area contributed by atoms with Crippen LogP contribution in [-0.4, -0.2) is 10.8 Å². The monoisotopic (exact) mass is 360 g/mol. The lowest BCUT2D eigenvalue weighted by molar-refractivity contribution is -0.388. The van der Waals surface area contributed by atoms with Crippen LogP contribution in [0, 0.1) is 16.0 Å². The minimum absolute atomic E-state index is 0.0965. The van der Waals surface area contributed by atoms with Crippen LogP contribution in [0.25, 0.3) is 0 Å². The maximum atomic E-state index is 12.9. The Bertz CT molecular complexity index is 603. The Morgan fingerprint density at radius 1 is 1.24 bits per heavy atom. The molecular weight excluding hydrogens is 337 g/mol. The Kier molecular flexibility index (Phi) is 7.86. The summed E-state index contributed by atoms with van der Waals surface area (Å²) >= 11 is 0. The first-order valence-corrected chi connectivity index (χ1v) is 8.33. The molecule has 1 aromatic carbocycles. The highest BCUT2D eigenvalue weighted by Gasteiger charge is 2.38. The van der Waals surface area contributed by atoms with E-state index in [-0.39, 0.29) is 11.6 Å². The molecular formula is C17H23F3N2O3. The molecule has 140 valence electrons. The van der Waals surface area contributed by atoms with E-state index in [0.29, 0.717) is 12.5 Å². The van der Waals surface area contributed by atoms with Gasteiger partial charge in [0.15, 0.2) is 0 Å². The zero-order valence-corrected chi connectivity index (χ0v) is 14.4. The number of nitro groups is 1. The maximum absolute atomic E-state index is 12.9. The van der Waals surface area contributed by atoms with E-state index in [2.05, 4.69) is 12.2 Å². The molecule has 5 nitrogen and oxygen atoms in total. The van der Waals surface area contributed by atoms with Crippen molar-refractivity contribution in [2.75, 3.05) is 5.32 Å². The summed E-state index contributed by atoms with van der Waals surface area (Å²) in [6.45, 7) is 3.82. The molecule has 1 unspecified atom stereocenters. The van der Waals surface area contributed by atoms with Crippen molar-refractivity contribution in [3.63, 3.8) is 0 Å². The van der Waals surface area contributed by atoms with E-state index >= 15 is 0 Å². The quantitative estimate of drug-likeness (QED) is 0.356. The van der Waals surface area contributed by atoms with Crippen molar-refractivity contribution < 1.29 is 22.9 Å². The van der Waals surface area contributed by atoms with E-state index in [1.165, 1.54) is 0 Å². The van der Waals surface area contributed by atoms with Gasteiger partial charge in [-0.2, -0.15) is 13.2 Å². The zero-order valence-electron chi connectivity index (χ0n) is 14.4. The molecule has 1 rings (SSSR count). The third kappa shape index (κ3) is 6.72. The average molecular weight is 360 g/mol. The number of rotatable bonds is 9. The van der Waals surface area contributed by atoms with Gasteiger partial charge in [-0.25, -0.2) is 0 Å². The van der Waals surface area contributed by atoms with Crippen LogP contribution < -0.4 is 5.32 Å². The Morgan fingerprint density at radius 2 is 1.88 bits per heavy atom. The van der Waals surface area contributed by atoms with Gasteiger partial charge >= 0.3 is 6.18 Å². The van der Waals surface area contributed by atoms with Gasteiger partial charge in [0, 0.05) is 17.7 Å². The zero-order chi connectivity index (χ0) is 19.0. The van der Waals surface area contributed by atoms with E-state index in [0.717, 1.165) is 44.2 Å². The molecule has 0 saturated heterocycles. The van der Waals surface area contributed by atoms with Gasteiger partial charge in [-0.15, -0.1) is 0 Å². The van der Waals surface area contributed by atoms with Crippen molar-refractivity contribution in [2.24, 2.45) is 5.92 Å². The van der Waals surface area contributed by atoms with Crippen molar-refractivity contribution in [3.05, 3.63) is 33.9 Å². The van der Waals surface area contributed by atoms with Crippen LogP contribution in [0.2, 0.25) is 0 Å². The number of nitrogens with one attached hydrogen (secondary N) is 1. The van der Waals surface area contributed by atoms with Crippen LogP contribution >= 0.6 is 0 Å². The molecule has 8 heteroatoms. The second-order valence-corrected chi connectivity index (χ2v) is 6.08. The summed E-state index contributed by atoms with van der Waals surface area (Å²) in [5.41, 5.74) is -2.50. The van der Waals surface area contributed by atoms with E-state index in [9.17, 15) is 28.1 Å². The second kappa shape index (κ2) is 9.39. The molecule has 1 aromatic rings. The summed E-state index contributed by atoms with van der Waals surface area (Å²) in [7, 11) is 0. The lowest BCUT2D eigenvalue weighted by atomic mass is 10.0. The van der Waals surface area contributed by atoms with Gasteiger partial charge in [-0.1, -0.05) is 46.0 Å². The van der Waals surface area contributed by atoms with Crippen molar-refractivity contribution in [1.82, 2.24) is 0 Å². The van der Waals surface area contributed by atoms with Crippen molar-refractivity contribution in [1.29, 1.82) is 0 Å². The van der Waals surface area contributed by atoms with Crippen LogP contribution in [0.3, 0.4) is 0 Å². The first kappa shape index (κ1) is 20.9. The van der Waals surface area contributed by atoms with Gasteiger partial charge in [0.2, 0.25) is 5.91 Å². The Balaban J connectivity index is 2.72. The summed E-state index contributed by atoms with van der Waals surface area (Å²) in [5.74, 6) is -0.733. The predicted molar refractivity (Wildman–Crippen MR) is 89.3 cm³/mol. The van der Waals surface area contributed by atoms with Crippen molar-refractivity contribution in [2.45, 2.75) is 58.5 Å². The first-order chi connectivity index (χ1) is 11.7. The molecule has 0 spiro atoms. The van der Waals surface area contributed by atoms with Gasteiger partial charge in [-0.3, -0.25) is 14.9 Å². The molecule has 0 saturated carbocycles. The molecule has 25 heavy (non-hydrogen) atoms. The Hall–Kier alpha value is -2.12. The number of nitro benzene ring substituents is 1. The number of nitrogens with zero attached hydrogens (tertiary/aromatic N) is 1. The molecule has 0 aliphatic heterocycles. The van der Waals surface area contributed by atoms with Gasteiger partial charge in [0.25, 0.3) is 5.69 Å². The predicted octanol–water partition coefficient (Wildman–Crippen LogP) is 5.55. The van der Waals surface area contributed by atoms with Crippen LogP contribution in [0.4, 0.5) is 24.5 Å².